The van der Waals surface area contributed by atoms with Crippen molar-refractivity contribution >= 4 is 23.3 Å². The Balaban J connectivity index is 2.09. The van der Waals surface area contributed by atoms with Crippen molar-refractivity contribution in [2.75, 3.05) is 0 Å². The van der Waals surface area contributed by atoms with E-state index in [-0.39, 0.29) is 6.10 Å². The monoisotopic (exact) mass is 288 g/mol. The van der Waals surface area contributed by atoms with Gasteiger partial charge in [0.15, 0.2) is 4.77 Å². The molecular formula is C15H16N2O2S. The first-order valence-electron chi connectivity index (χ1n) is 6.55. The number of nitrogens with zero attached hydrogens (tertiary/aromatic N) is 1. The molecule has 0 atom stereocenters. The number of H-pyrrole nitrogens is 1. The van der Waals surface area contributed by atoms with Gasteiger partial charge in [0.1, 0.15) is 17.0 Å². The Morgan fingerprint density at radius 3 is 2.85 bits per heavy atom. The van der Waals surface area contributed by atoms with Crippen molar-refractivity contribution in [1.29, 1.82) is 0 Å². The summed E-state index contributed by atoms with van der Waals surface area (Å²) in [6, 6.07) is 9.76. The number of rotatable bonds is 4. The number of hydrogen-bond donors (Lipinski definition) is 1. The molecule has 2 heterocycles. The zero-order chi connectivity index (χ0) is 14.1. The lowest BCUT2D eigenvalue weighted by molar-refractivity contribution is 0.245. The first-order valence-corrected chi connectivity index (χ1v) is 6.96. The zero-order valence-corrected chi connectivity index (χ0v) is 12.2. The molecule has 0 amide bonds. The van der Waals surface area contributed by atoms with Gasteiger partial charge in [-0.1, -0.05) is 6.07 Å². The topological polar surface area (TPSA) is 43.1 Å². The van der Waals surface area contributed by atoms with E-state index in [1.54, 1.807) is 6.26 Å². The maximum atomic E-state index is 5.82. The van der Waals surface area contributed by atoms with Gasteiger partial charge < -0.3 is 18.7 Å². The van der Waals surface area contributed by atoms with E-state index in [9.17, 15) is 0 Å². The summed E-state index contributed by atoms with van der Waals surface area (Å²) >= 11 is 5.41. The van der Waals surface area contributed by atoms with Gasteiger partial charge in [-0.05, 0) is 50.3 Å². The largest absolute Gasteiger partial charge is 0.489 e. The number of para-hydroxylation sites is 1. The molecule has 1 aromatic carbocycles. The minimum absolute atomic E-state index is 0.121. The highest BCUT2D eigenvalue weighted by Crippen LogP contribution is 2.26. The molecule has 3 aromatic rings. The lowest BCUT2D eigenvalue weighted by Crippen LogP contribution is -2.05. The van der Waals surface area contributed by atoms with Gasteiger partial charge in [-0.25, -0.2) is 0 Å². The Bertz CT molecular complexity index is 769. The third-order valence-corrected chi connectivity index (χ3v) is 3.35. The Labute approximate surface area is 122 Å². The summed E-state index contributed by atoms with van der Waals surface area (Å²) < 4.78 is 13.9. The van der Waals surface area contributed by atoms with E-state index in [1.807, 2.05) is 48.7 Å². The molecule has 0 bridgehead atoms. The molecule has 0 fully saturated rings. The van der Waals surface area contributed by atoms with Crippen LogP contribution in [0.15, 0.2) is 41.0 Å². The van der Waals surface area contributed by atoms with Gasteiger partial charge in [0.25, 0.3) is 0 Å². The lowest BCUT2D eigenvalue weighted by atomic mass is 10.3. The molecule has 104 valence electrons. The molecule has 0 unspecified atom stereocenters. The predicted octanol–water partition coefficient (Wildman–Crippen LogP) is 4.13. The molecule has 5 heteroatoms. The highest BCUT2D eigenvalue weighted by molar-refractivity contribution is 7.71. The first kappa shape index (κ1) is 13.0. The normalized spacial score (nSPS) is 11.3. The van der Waals surface area contributed by atoms with Crippen LogP contribution >= 0.6 is 12.2 Å². The highest BCUT2D eigenvalue weighted by Gasteiger charge is 2.11. The third-order valence-electron chi connectivity index (χ3n) is 3.03. The second kappa shape index (κ2) is 5.17. The maximum Gasteiger partial charge on any atom is 0.178 e. The molecule has 20 heavy (non-hydrogen) atoms. The molecule has 3 rings (SSSR count). The van der Waals surface area contributed by atoms with Gasteiger partial charge in [0.2, 0.25) is 0 Å². The zero-order valence-electron chi connectivity index (χ0n) is 11.4. The highest BCUT2D eigenvalue weighted by atomic mass is 32.1. The Hall–Kier alpha value is -2.01. The summed E-state index contributed by atoms with van der Waals surface area (Å²) in [4.78, 5) is 3.22. The maximum absolute atomic E-state index is 5.82. The number of fused-ring (bicyclic) bond motifs is 1. The van der Waals surface area contributed by atoms with Crippen LogP contribution in [0.4, 0.5) is 0 Å². The Morgan fingerprint density at radius 1 is 1.30 bits per heavy atom. The van der Waals surface area contributed by atoms with E-state index in [1.165, 1.54) is 0 Å². The SMILES string of the molecule is CC(C)Oc1cccc2c1[nH]c(=S)n2Cc1ccco1. The molecule has 0 aliphatic rings. The number of hydrogen-bond acceptors (Lipinski definition) is 3. The fraction of sp³-hybridized carbons (Fsp3) is 0.267. The van der Waals surface area contributed by atoms with E-state index in [4.69, 9.17) is 21.4 Å². The number of imidazole rings is 1. The summed E-state index contributed by atoms with van der Waals surface area (Å²) in [5, 5.41) is 0. The molecule has 0 spiro atoms. The van der Waals surface area contributed by atoms with Crippen LogP contribution in [-0.2, 0) is 6.54 Å². The van der Waals surface area contributed by atoms with Gasteiger partial charge >= 0.3 is 0 Å². The van der Waals surface area contributed by atoms with Crippen molar-refractivity contribution in [3.63, 3.8) is 0 Å². The van der Waals surface area contributed by atoms with E-state index >= 15 is 0 Å². The second-order valence-corrected chi connectivity index (χ2v) is 5.30. The van der Waals surface area contributed by atoms with Crippen LogP contribution < -0.4 is 4.74 Å². The van der Waals surface area contributed by atoms with Crippen LogP contribution in [0, 0.1) is 4.77 Å². The van der Waals surface area contributed by atoms with Crippen LogP contribution in [0.5, 0.6) is 5.75 Å². The summed E-state index contributed by atoms with van der Waals surface area (Å²) in [6.45, 7) is 4.62. The van der Waals surface area contributed by atoms with Gasteiger partial charge in [-0.2, -0.15) is 0 Å². The summed E-state index contributed by atoms with van der Waals surface area (Å²) in [6.07, 6.45) is 1.79. The fourth-order valence-electron chi connectivity index (χ4n) is 2.22. The fourth-order valence-corrected chi connectivity index (χ4v) is 2.49. The standard InChI is InChI=1S/C15H16N2O2S/c1-10(2)19-13-7-3-6-12-14(13)16-15(20)17(12)9-11-5-4-8-18-11/h3-8,10H,9H2,1-2H3,(H,16,20). The minimum Gasteiger partial charge on any atom is -0.489 e. The quantitative estimate of drug-likeness (QED) is 0.734. The molecule has 0 saturated carbocycles. The van der Waals surface area contributed by atoms with Crippen LogP contribution in [0.25, 0.3) is 11.0 Å². The summed E-state index contributed by atoms with van der Waals surface area (Å²) in [5.41, 5.74) is 1.95. The van der Waals surface area contributed by atoms with E-state index in [2.05, 4.69) is 4.98 Å². The number of aromatic nitrogens is 2. The van der Waals surface area contributed by atoms with E-state index in [0.29, 0.717) is 11.3 Å². The summed E-state index contributed by atoms with van der Waals surface area (Å²) in [5.74, 6) is 1.69. The van der Waals surface area contributed by atoms with Crippen molar-refractivity contribution in [2.24, 2.45) is 0 Å². The predicted molar refractivity (Wildman–Crippen MR) is 80.7 cm³/mol. The lowest BCUT2D eigenvalue weighted by Gasteiger charge is -2.10. The molecule has 0 saturated heterocycles. The number of benzene rings is 1. The van der Waals surface area contributed by atoms with Crippen molar-refractivity contribution in [3.8, 4) is 5.75 Å². The van der Waals surface area contributed by atoms with Crippen molar-refractivity contribution in [3.05, 3.63) is 47.1 Å². The average Bonchev–Trinajstić information content (AvgIpc) is 3.00. The van der Waals surface area contributed by atoms with Crippen molar-refractivity contribution < 1.29 is 9.15 Å². The van der Waals surface area contributed by atoms with Crippen LogP contribution in [0.1, 0.15) is 19.6 Å². The molecule has 0 radical (unpaired) electrons. The van der Waals surface area contributed by atoms with Crippen LogP contribution in [0.2, 0.25) is 0 Å². The van der Waals surface area contributed by atoms with Crippen LogP contribution in [-0.4, -0.2) is 15.7 Å². The molecule has 0 aliphatic heterocycles. The average molecular weight is 288 g/mol. The number of nitrogens with one attached hydrogen (secondary N) is 1. The molecule has 2 aromatic heterocycles. The van der Waals surface area contributed by atoms with Gasteiger partial charge in [0.05, 0.1) is 24.4 Å². The van der Waals surface area contributed by atoms with Gasteiger partial charge in [0, 0.05) is 0 Å². The second-order valence-electron chi connectivity index (χ2n) is 4.91. The number of ether oxygens (including phenoxy) is 1. The third kappa shape index (κ3) is 2.36. The smallest absolute Gasteiger partial charge is 0.178 e. The molecular weight excluding hydrogens is 272 g/mol. The van der Waals surface area contributed by atoms with E-state index < -0.39 is 0 Å². The number of furan rings is 1. The molecule has 0 aliphatic carbocycles. The Kier molecular flexibility index (Phi) is 3.36. The van der Waals surface area contributed by atoms with Gasteiger partial charge in [-0.3, -0.25) is 0 Å². The Morgan fingerprint density at radius 2 is 2.15 bits per heavy atom. The number of aromatic amines is 1. The molecule has 1 N–H and O–H groups in total. The molecule has 4 nitrogen and oxygen atoms in total. The van der Waals surface area contributed by atoms with Crippen molar-refractivity contribution in [1.82, 2.24) is 9.55 Å². The van der Waals surface area contributed by atoms with E-state index in [0.717, 1.165) is 22.5 Å². The minimum atomic E-state index is 0.121. The van der Waals surface area contributed by atoms with Crippen LogP contribution in [0.3, 0.4) is 0 Å². The summed E-state index contributed by atoms with van der Waals surface area (Å²) in [7, 11) is 0. The van der Waals surface area contributed by atoms with Gasteiger partial charge in [-0.15, -0.1) is 0 Å². The first-order chi connectivity index (χ1) is 9.65. The van der Waals surface area contributed by atoms with Crippen molar-refractivity contribution in [2.45, 2.75) is 26.5 Å².